The maximum atomic E-state index is 12.4. The van der Waals surface area contributed by atoms with Gasteiger partial charge in [-0.25, -0.2) is 4.98 Å². The van der Waals surface area contributed by atoms with E-state index in [1.54, 1.807) is 23.5 Å². The number of aliphatic carboxylic acids is 1. The molecule has 2 N–H and O–H groups in total. The number of benzene rings is 3. The molecule has 0 saturated heterocycles. The molecule has 0 atom stereocenters. The number of carboxylic acid groups (broad SMARTS) is 1. The lowest BCUT2D eigenvalue weighted by Gasteiger charge is -2.25. The van der Waals surface area contributed by atoms with Crippen molar-refractivity contribution >= 4 is 50.0 Å². The maximum absolute atomic E-state index is 12.4. The van der Waals surface area contributed by atoms with E-state index in [-0.39, 0.29) is 18.9 Å². The number of aromatic nitrogens is 1. The number of carboxylic acids is 1. The zero-order valence-electron chi connectivity index (χ0n) is 22.2. The highest BCUT2D eigenvalue weighted by Gasteiger charge is 2.19. The third-order valence-electron chi connectivity index (χ3n) is 7.33. The van der Waals surface area contributed by atoms with Gasteiger partial charge in [0.2, 0.25) is 0 Å². The summed E-state index contributed by atoms with van der Waals surface area (Å²) < 4.78 is 1.03. The number of anilines is 2. The summed E-state index contributed by atoms with van der Waals surface area (Å²) in [6, 6.07) is 24.6. The van der Waals surface area contributed by atoms with Gasteiger partial charge in [-0.2, -0.15) is 0 Å². The second kappa shape index (κ2) is 13.2. The van der Waals surface area contributed by atoms with Crippen LogP contribution in [0.1, 0.15) is 65.9 Å². The highest BCUT2D eigenvalue weighted by Crippen LogP contribution is 2.37. The molecule has 8 heteroatoms. The summed E-state index contributed by atoms with van der Waals surface area (Å²) >= 11 is 5.12. The Balaban J connectivity index is 1.38. The van der Waals surface area contributed by atoms with Crippen molar-refractivity contribution in [2.24, 2.45) is 0 Å². The van der Waals surface area contributed by atoms with Crippen molar-refractivity contribution in [2.45, 2.75) is 51.0 Å². The Bertz CT molecular complexity index is 1430. The highest BCUT2D eigenvalue weighted by atomic mass is 79.9. The average molecular weight is 619 g/mol. The van der Waals surface area contributed by atoms with E-state index in [1.807, 2.05) is 24.3 Å². The molecule has 6 nitrogen and oxygen atoms in total. The quantitative estimate of drug-likeness (QED) is 0.187. The Labute approximate surface area is 247 Å². The van der Waals surface area contributed by atoms with Crippen LogP contribution >= 0.6 is 27.3 Å². The number of carbonyl (C=O) groups is 2. The first kappa shape index (κ1) is 28.1. The van der Waals surface area contributed by atoms with Crippen LogP contribution in [0.5, 0.6) is 0 Å². The topological polar surface area (TPSA) is 82.5 Å². The maximum Gasteiger partial charge on any atom is 0.305 e. The van der Waals surface area contributed by atoms with Gasteiger partial charge in [-0.15, -0.1) is 11.3 Å². The van der Waals surface area contributed by atoms with Gasteiger partial charge in [-0.1, -0.05) is 71.6 Å². The zero-order chi connectivity index (χ0) is 27.9. The van der Waals surface area contributed by atoms with Gasteiger partial charge in [0, 0.05) is 33.2 Å². The molecule has 1 aromatic heterocycles. The van der Waals surface area contributed by atoms with E-state index in [4.69, 9.17) is 10.1 Å². The summed E-state index contributed by atoms with van der Waals surface area (Å²) in [6.45, 7) is 0.697. The highest BCUT2D eigenvalue weighted by molar-refractivity contribution is 9.10. The Morgan fingerprint density at radius 1 is 0.950 bits per heavy atom. The smallest absolute Gasteiger partial charge is 0.305 e. The number of halogens is 1. The number of thiazole rings is 1. The number of hydrogen-bond acceptors (Lipinski definition) is 5. The van der Waals surface area contributed by atoms with Gasteiger partial charge < -0.3 is 15.3 Å². The Morgan fingerprint density at radius 3 is 2.33 bits per heavy atom. The first-order chi connectivity index (χ1) is 19.5. The van der Waals surface area contributed by atoms with Crippen molar-refractivity contribution in [1.82, 2.24) is 10.3 Å². The summed E-state index contributed by atoms with van der Waals surface area (Å²) in [5.74, 6) is -0.565. The van der Waals surface area contributed by atoms with Crippen LogP contribution in [0.4, 0.5) is 10.8 Å². The van der Waals surface area contributed by atoms with Gasteiger partial charge in [0.15, 0.2) is 5.13 Å². The third kappa shape index (κ3) is 7.17. The Kier molecular flexibility index (Phi) is 9.29. The van der Waals surface area contributed by atoms with E-state index >= 15 is 0 Å². The largest absolute Gasteiger partial charge is 0.481 e. The molecule has 5 rings (SSSR count). The number of rotatable bonds is 10. The van der Waals surface area contributed by atoms with Crippen molar-refractivity contribution in [3.63, 3.8) is 0 Å². The van der Waals surface area contributed by atoms with Gasteiger partial charge >= 0.3 is 5.97 Å². The SMILES string of the molecule is O=C(O)CCNC(=O)c1ccc(CN(c2ccc(C3CCCCC3)cc2)c2nc(-c3ccc(Br)cc3)cs2)cc1. The molecular weight excluding hydrogens is 586 g/mol. The van der Waals surface area contributed by atoms with Crippen molar-refractivity contribution < 1.29 is 14.7 Å². The zero-order valence-corrected chi connectivity index (χ0v) is 24.6. The number of hydrogen-bond donors (Lipinski definition) is 2. The molecule has 0 bridgehead atoms. The number of nitrogens with zero attached hydrogens (tertiary/aromatic N) is 2. The number of carbonyl (C=O) groups excluding carboxylic acids is 1. The molecule has 3 aromatic carbocycles. The predicted molar refractivity (Wildman–Crippen MR) is 164 cm³/mol. The van der Waals surface area contributed by atoms with Crippen molar-refractivity contribution in [3.05, 3.63) is 99.3 Å². The third-order valence-corrected chi connectivity index (χ3v) is 8.72. The van der Waals surface area contributed by atoms with Gasteiger partial charge in [-0.3, -0.25) is 9.59 Å². The fourth-order valence-corrected chi connectivity index (χ4v) is 6.22. The van der Waals surface area contributed by atoms with Crippen LogP contribution in [0.2, 0.25) is 0 Å². The summed E-state index contributed by atoms with van der Waals surface area (Å²) in [5, 5.41) is 14.4. The van der Waals surface area contributed by atoms with Crippen LogP contribution in [0.15, 0.2) is 82.6 Å². The molecule has 0 radical (unpaired) electrons. The minimum absolute atomic E-state index is 0.102. The monoisotopic (exact) mass is 617 g/mol. The lowest BCUT2D eigenvalue weighted by molar-refractivity contribution is -0.136. The molecule has 0 aliphatic heterocycles. The second-order valence-electron chi connectivity index (χ2n) is 10.1. The first-order valence-electron chi connectivity index (χ1n) is 13.6. The lowest BCUT2D eigenvalue weighted by atomic mass is 9.84. The van der Waals surface area contributed by atoms with E-state index in [0.29, 0.717) is 18.0 Å². The molecule has 40 heavy (non-hydrogen) atoms. The van der Waals surface area contributed by atoms with Crippen LogP contribution in [0, 0.1) is 0 Å². The van der Waals surface area contributed by atoms with E-state index in [0.717, 1.165) is 32.1 Å². The standard InChI is InChI=1S/C32H32BrN3O3S/c33-27-14-10-25(11-15-27)29-21-40-32(35-29)36(28-16-12-24(13-17-28)23-4-2-1-3-5-23)20-22-6-8-26(9-7-22)31(39)34-19-18-30(37)38/h6-17,21,23H,1-5,18-20H2,(H,34,39)(H,37,38). The van der Waals surface area contributed by atoms with Gasteiger partial charge in [0.05, 0.1) is 18.7 Å². The predicted octanol–water partition coefficient (Wildman–Crippen LogP) is 8.16. The van der Waals surface area contributed by atoms with Crippen LogP contribution in [0.3, 0.4) is 0 Å². The molecule has 1 saturated carbocycles. The lowest BCUT2D eigenvalue weighted by Crippen LogP contribution is -2.26. The van der Waals surface area contributed by atoms with Crippen LogP contribution in [-0.4, -0.2) is 28.5 Å². The van der Waals surface area contributed by atoms with Gasteiger partial charge in [-0.05, 0) is 66.3 Å². The minimum Gasteiger partial charge on any atom is -0.481 e. The summed E-state index contributed by atoms with van der Waals surface area (Å²) in [6.07, 6.45) is 6.39. The molecular formula is C32H32BrN3O3S. The number of amides is 1. The van der Waals surface area contributed by atoms with Crippen LogP contribution < -0.4 is 10.2 Å². The van der Waals surface area contributed by atoms with Gasteiger partial charge in [0.1, 0.15) is 0 Å². The van der Waals surface area contributed by atoms with Crippen molar-refractivity contribution in [3.8, 4) is 11.3 Å². The Morgan fingerprint density at radius 2 is 1.65 bits per heavy atom. The summed E-state index contributed by atoms with van der Waals surface area (Å²) in [5.41, 5.74) is 6.03. The van der Waals surface area contributed by atoms with E-state index < -0.39 is 5.97 Å². The van der Waals surface area contributed by atoms with Crippen molar-refractivity contribution in [1.29, 1.82) is 0 Å². The van der Waals surface area contributed by atoms with Crippen LogP contribution in [0.25, 0.3) is 11.3 Å². The summed E-state index contributed by atoms with van der Waals surface area (Å²) in [4.78, 5) is 30.4. The molecule has 1 amide bonds. The minimum atomic E-state index is -0.937. The van der Waals surface area contributed by atoms with Crippen molar-refractivity contribution in [2.75, 3.05) is 11.4 Å². The molecule has 0 spiro atoms. The molecule has 1 aliphatic carbocycles. The molecule has 1 fully saturated rings. The fraction of sp³-hybridized carbons (Fsp3) is 0.281. The summed E-state index contributed by atoms with van der Waals surface area (Å²) in [7, 11) is 0. The normalized spacial score (nSPS) is 13.6. The van der Waals surface area contributed by atoms with Crippen LogP contribution in [-0.2, 0) is 11.3 Å². The first-order valence-corrected chi connectivity index (χ1v) is 15.3. The second-order valence-corrected chi connectivity index (χ2v) is 11.9. The molecule has 4 aromatic rings. The van der Waals surface area contributed by atoms with E-state index in [9.17, 15) is 9.59 Å². The fourth-order valence-electron chi connectivity index (χ4n) is 5.10. The van der Waals surface area contributed by atoms with Gasteiger partial charge in [0.25, 0.3) is 5.91 Å². The number of nitrogens with one attached hydrogen (secondary N) is 1. The molecule has 1 aliphatic rings. The Hall–Kier alpha value is -3.49. The van der Waals surface area contributed by atoms with E-state index in [2.05, 4.69) is 67.9 Å². The molecule has 1 heterocycles. The average Bonchev–Trinajstić information content (AvgIpc) is 3.47. The molecule has 206 valence electrons. The molecule has 0 unspecified atom stereocenters. The van der Waals surface area contributed by atoms with E-state index in [1.165, 1.54) is 37.7 Å².